The van der Waals surface area contributed by atoms with Crippen molar-refractivity contribution in [2.45, 2.75) is 18.6 Å². The summed E-state index contributed by atoms with van der Waals surface area (Å²) in [6.45, 7) is 1.79. The fourth-order valence-corrected chi connectivity index (χ4v) is 3.11. The van der Waals surface area contributed by atoms with Crippen molar-refractivity contribution in [3.8, 4) is 0 Å². The Hall–Kier alpha value is -2.01. The Bertz CT molecular complexity index is 655. The maximum absolute atomic E-state index is 13.0. The van der Waals surface area contributed by atoms with Crippen LogP contribution in [0.4, 0.5) is 24.5 Å². The van der Waals surface area contributed by atoms with Crippen molar-refractivity contribution in [3.63, 3.8) is 0 Å². The highest BCUT2D eigenvalue weighted by Crippen LogP contribution is 2.36. The van der Waals surface area contributed by atoms with Gasteiger partial charge in [0.05, 0.1) is 5.56 Å². The third-order valence-corrected chi connectivity index (χ3v) is 4.22. The Kier molecular flexibility index (Phi) is 4.31. The molecule has 0 aromatic heterocycles. The molecule has 2 nitrogen and oxygen atoms in total. The van der Waals surface area contributed by atoms with Gasteiger partial charge in [0.15, 0.2) is 0 Å². The Morgan fingerprint density at radius 2 is 1.70 bits per heavy atom. The van der Waals surface area contributed by atoms with E-state index in [1.54, 1.807) is 6.07 Å². The van der Waals surface area contributed by atoms with Crippen LogP contribution in [-0.4, -0.2) is 31.1 Å². The standard InChI is InChI=1S/C18H19F3N2/c1-22-11-10-17(13-22)23(15-7-3-2-4-8-15)16-9-5-6-14(12-16)18(19,20)21/h2-9,12,17H,10-11,13H2,1H3. The molecule has 2 aromatic carbocycles. The van der Waals surface area contributed by atoms with Gasteiger partial charge >= 0.3 is 6.18 Å². The number of anilines is 2. The van der Waals surface area contributed by atoms with Crippen molar-refractivity contribution >= 4 is 11.4 Å². The topological polar surface area (TPSA) is 6.48 Å². The van der Waals surface area contributed by atoms with Crippen LogP contribution in [0.3, 0.4) is 0 Å². The van der Waals surface area contributed by atoms with Crippen LogP contribution >= 0.6 is 0 Å². The molecule has 0 aliphatic carbocycles. The average Bonchev–Trinajstić information content (AvgIpc) is 2.94. The average molecular weight is 320 g/mol. The molecule has 0 saturated carbocycles. The van der Waals surface area contributed by atoms with E-state index in [9.17, 15) is 13.2 Å². The van der Waals surface area contributed by atoms with Gasteiger partial charge in [-0.15, -0.1) is 0 Å². The number of hydrogen-bond acceptors (Lipinski definition) is 2. The maximum Gasteiger partial charge on any atom is 0.416 e. The number of hydrogen-bond donors (Lipinski definition) is 0. The molecule has 1 saturated heterocycles. The number of nitrogens with zero attached hydrogens (tertiary/aromatic N) is 2. The van der Waals surface area contributed by atoms with Crippen LogP contribution in [-0.2, 0) is 6.18 Å². The molecule has 1 unspecified atom stereocenters. The van der Waals surface area contributed by atoms with Gasteiger partial charge in [-0.1, -0.05) is 24.3 Å². The molecule has 1 fully saturated rings. The number of rotatable bonds is 3. The van der Waals surface area contributed by atoms with Crippen molar-refractivity contribution in [1.82, 2.24) is 4.90 Å². The second kappa shape index (κ2) is 6.24. The minimum absolute atomic E-state index is 0.172. The Morgan fingerprint density at radius 1 is 1.00 bits per heavy atom. The molecule has 1 aliphatic rings. The van der Waals surface area contributed by atoms with Crippen LogP contribution in [0.1, 0.15) is 12.0 Å². The van der Waals surface area contributed by atoms with E-state index in [1.165, 1.54) is 12.1 Å². The molecular formula is C18H19F3N2. The maximum atomic E-state index is 13.0. The number of likely N-dealkylation sites (tertiary alicyclic amines) is 1. The van der Waals surface area contributed by atoms with Gasteiger partial charge in [-0.2, -0.15) is 13.2 Å². The van der Waals surface area contributed by atoms with Gasteiger partial charge in [0.2, 0.25) is 0 Å². The van der Waals surface area contributed by atoms with Crippen LogP contribution in [0.25, 0.3) is 0 Å². The molecule has 0 N–H and O–H groups in total. The predicted octanol–water partition coefficient (Wildman–Crippen LogP) is 4.55. The van der Waals surface area contributed by atoms with E-state index in [2.05, 4.69) is 4.90 Å². The molecule has 1 atom stereocenters. The van der Waals surface area contributed by atoms with Gasteiger partial charge in [-0.05, 0) is 50.3 Å². The molecule has 0 radical (unpaired) electrons. The zero-order chi connectivity index (χ0) is 16.4. The van der Waals surface area contributed by atoms with Crippen molar-refractivity contribution in [2.75, 3.05) is 25.0 Å². The van der Waals surface area contributed by atoms with Crippen LogP contribution < -0.4 is 4.90 Å². The van der Waals surface area contributed by atoms with Crippen LogP contribution in [0.15, 0.2) is 54.6 Å². The minimum Gasteiger partial charge on any atom is -0.337 e. The lowest BCUT2D eigenvalue weighted by Gasteiger charge is -2.31. The molecule has 5 heteroatoms. The summed E-state index contributed by atoms with van der Waals surface area (Å²) in [7, 11) is 2.04. The highest BCUT2D eigenvalue weighted by atomic mass is 19.4. The predicted molar refractivity (Wildman–Crippen MR) is 85.9 cm³/mol. The zero-order valence-corrected chi connectivity index (χ0v) is 12.9. The van der Waals surface area contributed by atoms with Gasteiger partial charge < -0.3 is 9.80 Å². The van der Waals surface area contributed by atoms with Gasteiger partial charge in [-0.25, -0.2) is 0 Å². The first-order valence-electron chi connectivity index (χ1n) is 7.65. The highest BCUT2D eigenvalue weighted by Gasteiger charge is 2.32. The lowest BCUT2D eigenvalue weighted by atomic mass is 10.1. The van der Waals surface area contributed by atoms with Crippen molar-refractivity contribution in [2.24, 2.45) is 0 Å². The number of likely N-dealkylation sites (N-methyl/N-ethyl adjacent to an activating group) is 1. The lowest BCUT2D eigenvalue weighted by Crippen LogP contribution is -2.33. The third kappa shape index (κ3) is 3.50. The SMILES string of the molecule is CN1CCC(N(c2ccccc2)c2cccc(C(F)(F)F)c2)C1. The first-order valence-corrected chi connectivity index (χ1v) is 7.65. The molecule has 0 bridgehead atoms. The summed E-state index contributed by atoms with van der Waals surface area (Å²) in [4.78, 5) is 4.23. The van der Waals surface area contributed by atoms with E-state index >= 15 is 0 Å². The van der Waals surface area contributed by atoms with Gasteiger partial charge in [0.1, 0.15) is 0 Å². The largest absolute Gasteiger partial charge is 0.416 e. The fourth-order valence-electron chi connectivity index (χ4n) is 3.11. The summed E-state index contributed by atoms with van der Waals surface area (Å²) in [6.07, 6.45) is -3.40. The zero-order valence-electron chi connectivity index (χ0n) is 12.9. The van der Waals surface area contributed by atoms with E-state index in [4.69, 9.17) is 0 Å². The summed E-state index contributed by atoms with van der Waals surface area (Å²) in [5.41, 5.74) is 0.903. The Morgan fingerprint density at radius 3 is 2.30 bits per heavy atom. The molecule has 0 spiro atoms. The van der Waals surface area contributed by atoms with E-state index in [0.717, 1.165) is 31.3 Å². The normalized spacial score (nSPS) is 19.0. The molecule has 2 aromatic rings. The van der Waals surface area contributed by atoms with E-state index < -0.39 is 11.7 Å². The van der Waals surface area contributed by atoms with E-state index in [1.807, 2.05) is 42.3 Å². The molecular weight excluding hydrogens is 301 g/mol. The quantitative estimate of drug-likeness (QED) is 0.819. The van der Waals surface area contributed by atoms with Crippen LogP contribution in [0.2, 0.25) is 0 Å². The summed E-state index contributed by atoms with van der Waals surface area (Å²) in [5.74, 6) is 0. The third-order valence-electron chi connectivity index (χ3n) is 4.22. The number of para-hydroxylation sites is 1. The van der Waals surface area contributed by atoms with Crippen molar-refractivity contribution in [3.05, 3.63) is 60.2 Å². The second-order valence-electron chi connectivity index (χ2n) is 5.96. The number of alkyl halides is 3. The van der Waals surface area contributed by atoms with E-state index in [0.29, 0.717) is 5.69 Å². The van der Waals surface area contributed by atoms with Crippen LogP contribution in [0.5, 0.6) is 0 Å². The monoisotopic (exact) mass is 320 g/mol. The van der Waals surface area contributed by atoms with Crippen LogP contribution in [0, 0.1) is 0 Å². The number of halogens is 3. The second-order valence-corrected chi connectivity index (χ2v) is 5.96. The first-order chi connectivity index (χ1) is 10.9. The Balaban J connectivity index is 2.02. The molecule has 122 valence electrons. The fraction of sp³-hybridized carbons (Fsp3) is 0.333. The van der Waals surface area contributed by atoms with Gasteiger partial charge in [-0.3, -0.25) is 0 Å². The smallest absolute Gasteiger partial charge is 0.337 e. The first kappa shape index (κ1) is 15.9. The van der Waals surface area contributed by atoms with E-state index in [-0.39, 0.29) is 6.04 Å². The molecule has 1 heterocycles. The molecule has 3 rings (SSSR count). The summed E-state index contributed by atoms with van der Waals surface area (Å²) in [5, 5.41) is 0. The summed E-state index contributed by atoms with van der Waals surface area (Å²) >= 11 is 0. The Labute approximate surface area is 134 Å². The van der Waals surface area contributed by atoms with Gasteiger partial charge in [0.25, 0.3) is 0 Å². The highest BCUT2D eigenvalue weighted by molar-refractivity contribution is 5.65. The van der Waals surface area contributed by atoms with Crippen molar-refractivity contribution in [1.29, 1.82) is 0 Å². The molecule has 23 heavy (non-hydrogen) atoms. The van der Waals surface area contributed by atoms with Crippen molar-refractivity contribution < 1.29 is 13.2 Å². The number of benzene rings is 2. The molecule has 1 aliphatic heterocycles. The minimum atomic E-state index is -4.33. The summed E-state index contributed by atoms with van der Waals surface area (Å²) in [6, 6.07) is 15.4. The lowest BCUT2D eigenvalue weighted by molar-refractivity contribution is -0.137. The molecule has 0 amide bonds. The van der Waals surface area contributed by atoms with Gasteiger partial charge in [0, 0.05) is 24.0 Å². The summed E-state index contributed by atoms with van der Waals surface area (Å²) < 4.78 is 39.1.